The fourth-order valence-corrected chi connectivity index (χ4v) is 6.22. The predicted molar refractivity (Wildman–Crippen MR) is 123 cm³/mol. The van der Waals surface area contributed by atoms with E-state index in [1.807, 2.05) is 12.1 Å². The van der Waals surface area contributed by atoms with E-state index in [1.54, 1.807) is 29.2 Å². The predicted octanol–water partition coefficient (Wildman–Crippen LogP) is 5.30. The summed E-state index contributed by atoms with van der Waals surface area (Å²) in [4.78, 5) is 17.4. The van der Waals surface area contributed by atoms with Crippen molar-refractivity contribution in [1.82, 2.24) is 4.98 Å². The summed E-state index contributed by atoms with van der Waals surface area (Å²) in [5, 5.41) is 2.83. The molecule has 0 unspecified atom stereocenters. The van der Waals surface area contributed by atoms with Gasteiger partial charge in [0.1, 0.15) is 4.21 Å². The Hall–Kier alpha value is -1.86. The number of amides is 1. The lowest BCUT2D eigenvalue weighted by Gasteiger charge is -2.03. The Labute approximate surface area is 182 Å². The monoisotopic (exact) mass is 464 g/mol. The summed E-state index contributed by atoms with van der Waals surface area (Å²) in [7, 11) is -3.31. The molecule has 0 saturated heterocycles. The Morgan fingerprint density at radius 3 is 2.69 bits per heavy atom. The van der Waals surface area contributed by atoms with Crippen molar-refractivity contribution in [2.24, 2.45) is 0 Å². The number of anilines is 1. The second-order valence-electron chi connectivity index (χ2n) is 6.21. The molecular weight excluding hydrogens is 444 g/mol. The lowest BCUT2D eigenvalue weighted by molar-refractivity contribution is 0.103. The maximum atomic E-state index is 12.4. The molecule has 3 rings (SSSR count). The molecule has 0 spiro atoms. The quantitative estimate of drug-likeness (QED) is 0.292. The van der Waals surface area contributed by atoms with E-state index in [9.17, 15) is 13.2 Å². The first kappa shape index (κ1) is 21.8. The molecule has 2 heterocycles. The topological polar surface area (TPSA) is 76.1 Å². The van der Waals surface area contributed by atoms with Gasteiger partial charge in [0.15, 0.2) is 14.2 Å². The Balaban J connectivity index is 1.64. The highest BCUT2D eigenvalue weighted by atomic mass is 32.2. The second kappa shape index (κ2) is 9.76. The van der Waals surface area contributed by atoms with Gasteiger partial charge in [0.2, 0.25) is 0 Å². The first-order chi connectivity index (χ1) is 13.9. The maximum Gasteiger partial charge on any atom is 0.265 e. The zero-order valence-corrected chi connectivity index (χ0v) is 19.3. The molecule has 29 heavy (non-hydrogen) atoms. The van der Waals surface area contributed by atoms with E-state index < -0.39 is 9.84 Å². The van der Waals surface area contributed by atoms with E-state index in [1.165, 1.54) is 12.1 Å². The minimum atomic E-state index is -3.31. The average molecular weight is 465 g/mol. The molecule has 152 valence electrons. The first-order valence-corrected chi connectivity index (χ1v) is 13.5. The molecular formula is C20H20N2O3S4. The number of aromatic nitrogens is 1. The summed E-state index contributed by atoms with van der Waals surface area (Å²) in [5.41, 5.74) is 1.55. The number of nitrogens with zero attached hydrogens (tertiary/aromatic N) is 1. The number of carbonyl (C=O) groups is 1. The van der Waals surface area contributed by atoms with E-state index in [-0.39, 0.29) is 10.1 Å². The van der Waals surface area contributed by atoms with Crippen LogP contribution in [0.15, 0.2) is 38.9 Å². The average Bonchev–Trinajstić information content (AvgIpc) is 3.31. The summed E-state index contributed by atoms with van der Waals surface area (Å²) in [6.45, 7) is 2.12. The highest BCUT2D eigenvalue weighted by Gasteiger charge is 2.15. The van der Waals surface area contributed by atoms with E-state index in [2.05, 4.69) is 29.1 Å². The van der Waals surface area contributed by atoms with Crippen LogP contribution in [0.25, 0.3) is 10.2 Å². The molecule has 1 N–H and O–H groups in total. The number of carbonyl (C=O) groups excluding carboxylic acids is 1. The number of hydrogen-bond acceptors (Lipinski definition) is 7. The molecule has 0 saturated carbocycles. The number of hydrogen-bond donors (Lipinski definition) is 1. The minimum Gasteiger partial charge on any atom is -0.321 e. The van der Waals surface area contributed by atoms with E-state index in [4.69, 9.17) is 0 Å². The molecule has 2 aromatic heterocycles. The van der Waals surface area contributed by atoms with Crippen LogP contribution < -0.4 is 5.32 Å². The van der Waals surface area contributed by atoms with Gasteiger partial charge in [-0.15, -0.1) is 34.5 Å². The van der Waals surface area contributed by atoms with Crippen LogP contribution in [-0.2, 0) is 9.84 Å². The fourth-order valence-electron chi connectivity index (χ4n) is 2.37. The van der Waals surface area contributed by atoms with Crippen LogP contribution in [0.2, 0.25) is 0 Å². The zero-order valence-electron chi connectivity index (χ0n) is 16.0. The summed E-state index contributed by atoms with van der Waals surface area (Å²) in [5.74, 6) is 6.89. The van der Waals surface area contributed by atoms with Gasteiger partial charge in [-0.1, -0.05) is 18.7 Å². The fraction of sp³-hybridized carbons (Fsp3) is 0.300. The van der Waals surface area contributed by atoms with Crippen LogP contribution in [0.3, 0.4) is 0 Å². The van der Waals surface area contributed by atoms with Gasteiger partial charge in [-0.3, -0.25) is 4.79 Å². The number of thioether (sulfide) groups is 1. The van der Waals surface area contributed by atoms with E-state index in [0.717, 1.165) is 57.2 Å². The standard InChI is InChI=1S/C20H20N2O3S4/c1-3-4-5-6-7-12-26-20-22-15-9-8-14(13-17(15)28-20)21-19(23)16-10-11-18(27-16)29(2,24)25/h8-11,13H,3-4,7,12H2,1-2H3,(H,21,23). The minimum absolute atomic E-state index is 0.182. The maximum absolute atomic E-state index is 12.4. The largest absolute Gasteiger partial charge is 0.321 e. The summed E-state index contributed by atoms with van der Waals surface area (Å²) in [6, 6.07) is 8.55. The van der Waals surface area contributed by atoms with E-state index in [0.29, 0.717) is 10.6 Å². The molecule has 1 amide bonds. The molecule has 9 heteroatoms. The van der Waals surface area contributed by atoms with Gasteiger partial charge in [-0.25, -0.2) is 13.4 Å². The third kappa shape index (κ3) is 6.06. The molecule has 0 aliphatic carbocycles. The molecule has 0 aliphatic rings. The van der Waals surface area contributed by atoms with Crippen molar-refractivity contribution < 1.29 is 13.2 Å². The number of rotatable bonds is 7. The number of unbranched alkanes of at least 4 members (excludes halogenated alkanes) is 1. The van der Waals surface area contributed by atoms with Crippen molar-refractivity contribution in [2.45, 2.75) is 34.7 Å². The molecule has 0 bridgehead atoms. The van der Waals surface area contributed by atoms with Crippen molar-refractivity contribution in [3.8, 4) is 11.8 Å². The number of sulfone groups is 1. The molecule has 3 aromatic rings. The third-order valence-corrected chi connectivity index (χ3v) is 8.82. The molecule has 0 radical (unpaired) electrons. The number of thiazole rings is 1. The van der Waals surface area contributed by atoms with Crippen LogP contribution in [0.4, 0.5) is 5.69 Å². The normalized spacial score (nSPS) is 11.2. The smallest absolute Gasteiger partial charge is 0.265 e. The highest BCUT2D eigenvalue weighted by Crippen LogP contribution is 2.32. The van der Waals surface area contributed by atoms with Crippen LogP contribution in [0.5, 0.6) is 0 Å². The van der Waals surface area contributed by atoms with Crippen LogP contribution in [0.1, 0.15) is 35.9 Å². The Morgan fingerprint density at radius 1 is 1.17 bits per heavy atom. The lowest BCUT2D eigenvalue weighted by atomic mass is 10.3. The molecule has 0 fully saturated rings. The van der Waals surface area contributed by atoms with Crippen LogP contribution in [0, 0.1) is 11.8 Å². The van der Waals surface area contributed by atoms with Crippen molar-refractivity contribution in [3.63, 3.8) is 0 Å². The van der Waals surface area contributed by atoms with Gasteiger partial charge in [0, 0.05) is 30.5 Å². The Bertz CT molecular complexity index is 1180. The van der Waals surface area contributed by atoms with Crippen molar-refractivity contribution in [3.05, 3.63) is 35.2 Å². The summed E-state index contributed by atoms with van der Waals surface area (Å²) in [6.07, 6.45) is 4.01. The van der Waals surface area contributed by atoms with Crippen LogP contribution in [-0.4, -0.2) is 31.3 Å². The van der Waals surface area contributed by atoms with Crippen molar-refractivity contribution in [2.75, 3.05) is 17.3 Å². The Kier molecular flexibility index (Phi) is 7.35. The molecule has 5 nitrogen and oxygen atoms in total. The number of fused-ring (bicyclic) bond motifs is 1. The van der Waals surface area contributed by atoms with Gasteiger partial charge >= 0.3 is 0 Å². The second-order valence-corrected chi connectivity index (χ2v) is 11.9. The van der Waals surface area contributed by atoms with Crippen LogP contribution >= 0.6 is 34.4 Å². The van der Waals surface area contributed by atoms with Gasteiger partial charge in [-0.2, -0.15) is 0 Å². The highest BCUT2D eigenvalue weighted by molar-refractivity contribution is 8.01. The molecule has 0 aliphatic heterocycles. The lowest BCUT2D eigenvalue weighted by Crippen LogP contribution is -2.09. The van der Waals surface area contributed by atoms with Gasteiger partial charge in [-0.05, 0) is 36.8 Å². The van der Waals surface area contributed by atoms with Gasteiger partial charge in [0.05, 0.1) is 15.1 Å². The zero-order chi connectivity index (χ0) is 20.9. The van der Waals surface area contributed by atoms with Gasteiger partial charge in [0.25, 0.3) is 5.91 Å². The summed E-state index contributed by atoms with van der Waals surface area (Å²) >= 11 is 4.24. The molecule has 1 aromatic carbocycles. The first-order valence-electron chi connectivity index (χ1n) is 8.97. The van der Waals surface area contributed by atoms with Crippen molar-refractivity contribution >= 4 is 66.1 Å². The van der Waals surface area contributed by atoms with Gasteiger partial charge < -0.3 is 5.32 Å². The van der Waals surface area contributed by atoms with E-state index >= 15 is 0 Å². The Morgan fingerprint density at radius 2 is 1.97 bits per heavy atom. The summed E-state index contributed by atoms with van der Waals surface area (Å²) < 4.78 is 25.3. The molecule has 0 atom stereocenters. The number of nitrogens with one attached hydrogen (secondary N) is 1. The number of thiophene rings is 1. The van der Waals surface area contributed by atoms with Crippen molar-refractivity contribution in [1.29, 1.82) is 0 Å². The number of benzene rings is 1. The SMILES string of the molecule is CCCC#CCCSc1nc2ccc(NC(=O)c3ccc(S(C)(=O)=O)s3)cc2s1. The third-order valence-electron chi connectivity index (χ3n) is 3.75.